The fourth-order valence-corrected chi connectivity index (χ4v) is 4.11. The van der Waals surface area contributed by atoms with Gasteiger partial charge in [0.05, 0.1) is 5.56 Å². The lowest BCUT2D eigenvalue weighted by molar-refractivity contribution is -0.134. The second-order valence-corrected chi connectivity index (χ2v) is 8.17. The number of carbonyl (C=O) groups excluding carboxylic acids is 2. The van der Waals surface area contributed by atoms with E-state index in [1.165, 1.54) is 50.5 Å². The largest absolute Gasteiger partial charge is 0.427 e. The first-order valence-electron chi connectivity index (χ1n) is 11.2. The van der Waals surface area contributed by atoms with E-state index in [0.717, 1.165) is 5.92 Å². The van der Waals surface area contributed by atoms with Gasteiger partial charge in [0.15, 0.2) is 0 Å². The molecule has 0 amide bonds. The zero-order valence-electron chi connectivity index (χ0n) is 18.1. The molecule has 2 aromatic rings. The maximum Gasteiger partial charge on any atom is 0.343 e. The topological polar surface area (TPSA) is 52.6 Å². The minimum absolute atomic E-state index is 0.297. The van der Waals surface area contributed by atoms with Gasteiger partial charge in [-0.2, -0.15) is 0 Å². The summed E-state index contributed by atoms with van der Waals surface area (Å²) in [7, 11) is 0. The van der Waals surface area contributed by atoms with Crippen LogP contribution in [-0.2, 0) is 4.79 Å². The molecule has 0 atom stereocenters. The van der Waals surface area contributed by atoms with Crippen LogP contribution in [0.15, 0.2) is 48.5 Å². The number of hydrogen-bond acceptors (Lipinski definition) is 4. The van der Waals surface area contributed by atoms with Crippen LogP contribution in [0, 0.1) is 5.92 Å². The highest BCUT2D eigenvalue weighted by Crippen LogP contribution is 2.37. The van der Waals surface area contributed by atoms with Gasteiger partial charge in [-0.1, -0.05) is 45.2 Å². The Labute approximate surface area is 179 Å². The van der Waals surface area contributed by atoms with Crippen molar-refractivity contribution in [3.05, 3.63) is 59.7 Å². The van der Waals surface area contributed by atoms with E-state index in [2.05, 4.69) is 19.1 Å². The fourth-order valence-electron chi connectivity index (χ4n) is 4.11. The zero-order valence-corrected chi connectivity index (χ0v) is 18.1. The lowest BCUT2D eigenvalue weighted by atomic mass is 9.77. The molecule has 1 aliphatic rings. The van der Waals surface area contributed by atoms with Gasteiger partial charge in [-0.3, -0.25) is 4.79 Å². The van der Waals surface area contributed by atoms with Crippen LogP contribution in [0.1, 0.15) is 87.1 Å². The van der Waals surface area contributed by atoms with E-state index >= 15 is 0 Å². The molecule has 1 aliphatic carbocycles. The highest BCUT2D eigenvalue weighted by molar-refractivity contribution is 5.91. The Bertz CT molecular complexity index is 815. The molecule has 4 nitrogen and oxygen atoms in total. The monoisotopic (exact) mass is 408 g/mol. The summed E-state index contributed by atoms with van der Waals surface area (Å²) in [5.41, 5.74) is 1.86. The van der Waals surface area contributed by atoms with E-state index in [-0.39, 0.29) is 11.9 Å². The Kier molecular flexibility index (Phi) is 8.06. The van der Waals surface area contributed by atoms with Crippen LogP contribution < -0.4 is 9.47 Å². The number of ether oxygens (including phenoxy) is 2. The molecular formula is C26H32O4. The molecule has 0 saturated heterocycles. The number of benzene rings is 2. The Morgan fingerprint density at radius 1 is 0.833 bits per heavy atom. The average molecular weight is 409 g/mol. The molecule has 1 fully saturated rings. The molecule has 3 rings (SSSR count). The third kappa shape index (κ3) is 6.19. The predicted molar refractivity (Wildman–Crippen MR) is 118 cm³/mol. The van der Waals surface area contributed by atoms with Crippen molar-refractivity contribution in [1.29, 1.82) is 0 Å². The molecule has 0 unspecified atom stereocenters. The number of carbonyl (C=O) groups is 2. The molecule has 0 heterocycles. The van der Waals surface area contributed by atoms with E-state index in [4.69, 9.17) is 9.47 Å². The molecule has 4 heteroatoms. The van der Waals surface area contributed by atoms with E-state index in [1.54, 1.807) is 31.2 Å². The summed E-state index contributed by atoms with van der Waals surface area (Å²) in [6.07, 6.45) is 9.44. The van der Waals surface area contributed by atoms with E-state index in [9.17, 15) is 9.59 Å². The third-order valence-corrected chi connectivity index (χ3v) is 5.99. The molecule has 0 bridgehead atoms. The second-order valence-electron chi connectivity index (χ2n) is 8.17. The van der Waals surface area contributed by atoms with Gasteiger partial charge in [-0.25, -0.2) is 4.79 Å². The van der Waals surface area contributed by atoms with Gasteiger partial charge < -0.3 is 9.47 Å². The van der Waals surface area contributed by atoms with E-state index < -0.39 is 0 Å². The quantitative estimate of drug-likeness (QED) is 0.361. The van der Waals surface area contributed by atoms with Crippen molar-refractivity contribution < 1.29 is 19.1 Å². The molecular weight excluding hydrogens is 376 g/mol. The summed E-state index contributed by atoms with van der Waals surface area (Å²) in [6.45, 7) is 4.00. The van der Waals surface area contributed by atoms with Gasteiger partial charge in [-0.05, 0) is 79.5 Å². The summed E-state index contributed by atoms with van der Waals surface area (Å²) in [4.78, 5) is 23.8. The molecule has 0 aromatic heterocycles. The predicted octanol–water partition coefficient (Wildman–Crippen LogP) is 6.69. The molecule has 30 heavy (non-hydrogen) atoms. The smallest absolute Gasteiger partial charge is 0.343 e. The standard InChI is InChI=1S/C26H32O4/c1-3-5-6-19-7-9-20(10-8-19)21-11-13-22(14-12-21)26(28)30-24-17-15-23(16-18-24)29-25(27)4-2/h11-20H,3-10H2,1-2H3. The lowest BCUT2D eigenvalue weighted by Gasteiger charge is -2.28. The van der Waals surface area contributed by atoms with Crippen LogP contribution in [0.25, 0.3) is 0 Å². The summed E-state index contributed by atoms with van der Waals surface area (Å²) in [6, 6.07) is 14.4. The minimum atomic E-state index is -0.386. The maximum atomic E-state index is 12.4. The minimum Gasteiger partial charge on any atom is -0.427 e. The van der Waals surface area contributed by atoms with Crippen molar-refractivity contribution in [2.75, 3.05) is 0 Å². The first-order valence-corrected chi connectivity index (χ1v) is 11.2. The summed E-state index contributed by atoms with van der Waals surface area (Å²) in [5.74, 6) is 1.68. The van der Waals surface area contributed by atoms with Crippen molar-refractivity contribution in [2.45, 2.75) is 71.1 Å². The van der Waals surface area contributed by atoms with Crippen molar-refractivity contribution in [3.63, 3.8) is 0 Å². The Balaban J connectivity index is 1.52. The van der Waals surface area contributed by atoms with Gasteiger partial charge in [0, 0.05) is 6.42 Å². The van der Waals surface area contributed by atoms with Crippen LogP contribution in [-0.4, -0.2) is 11.9 Å². The van der Waals surface area contributed by atoms with Gasteiger partial charge >= 0.3 is 11.9 Å². The van der Waals surface area contributed by atoms with Crippen molar-refractivity contribution in [1.82, 2.24) is 0 Å². The van der Waals surface area contributed by atoms with Crippen LogP contribution in [0.5, 0.6) is 11.5 Å². The Hall–Kier alpha value is -2.62. The lowest BCUT2D eigenvalue weighted by Crippen LogP contribution is -2.14. The van der Waals surface area contributed by atoms with Crippen molar-refractivity contribution in [3.8, 4) is 11.5 Å². The highest BCUT2D eigenvalue weighted by Gasteiger charge is 2.22. The average Bonchev–Trinajstić information content (AvgIpc) is 2.79. The highest BCUT2D eigenvalue weighted by atomic mass is 16.5. The van der Waals surface area contributed by atoms with E-state index in [0.29, 0.717) is 29.4 Å². The summed E-state index contributed by atoms with van der Waals surface area (Å²) >= 11 is 0. The molecule has 2 aromatic carbocycles. The number of rotatable bonds is 8. The molecule has 1 saturated carbocycles. The Morgan fingerprint density at radius 3 is 2.00 bits per heavy atom. The SMILES string of the molecule is CCCCC1CCC(c2ccc(C(=O)Oc3ccc(OC(=O)CC)cc3)cc2)CC1. The zero-order chi connectivity index (χ0) is 21.3. The molecule has 0 aliphatic heterocycles. The van der Waals surface area contributed by atoms with Crippen LogP contribution >= 0.6 is 0 Å². The normalized spacial score (nSPS) is 18.6. The van der Waals surface area contributed by atoms with Crippen molar-refractivity contribution >= 4 is 11.9 Å². The first-order chi connectivity index (χ1) is 14.6. The second kappa shape index (κ2) is 11.0. The van der Waals surface area contributed by atoms with Crippen molar-refractivity contribution in [2.24, 2.45) is 5.92 Å². The molecule has 160 valence electrons. The van der Waals surface area contributed by atoms with Gasteiger partial charge in [0.25, 0.3) is 0 Å². The summed E-state index contributed by atoms with van der Waals surface area (Å²) in [5, 5.41) is 0. The van der Waals surface area contributed by atoms with Crippen LogP contribution in [0.3, 0.4) is 0 Å². The number of esters is 2. The number of hydrogen-bond donors (Lipinski definition) is 0. The van der Waals surface area contributed by atoms with Gasteiger partial charge in [0.1, 0.15) is 11.5 Å². The molecule has 0 N–H and O–H groups in total. The van der Waals surface area contributed by atoms with Crippen LogP contribution in [0.2, 0.25) is 0 Å². The maximum absolute atomic E-state index is 12.4. The van der Waals surface area contributed by atoms with Gasteiger partial charge in [-0.15, -0.1) is 0 Å². The number of unbranched alkanes of at least 4 members (excludes halogenated alkanes) is 1. The molecule has 0 spiro atoms. The van der Waals surface area contributed by atoms with Gasteiger partial charge in [0.2, 0.25) is 0 Å². The Morgan fingerprint density at radius 2 is 1.43 bits per heavy atom. The molecule has 0 radical (unpaired) electrons. The van der Waals surface area contributed by atoms with E-state index in [1.807, 2.05) is 12.1 Å². The van der Waals surface area contributed by atoms with Crippen LogP contribution in [0.4, 0.5) is 0 Å². The summed E-state index contributed by atoms with van der Waals surface area (Å²) < 4.78 is 10.6. The first kappa shape index (κ1) is 22.1. The fraction of sp³-hybridized carbons (Fsp3) is 0.462. The third-order valence-electron chi connectivity index (χ3n) is 5.99.